The Kier molecular flexibility index (Phi) is 7.67. The van der Waals surface area contributed by atoms with E-state index in [2.05, 4.69) is 25.7 Å². The molecular weight excluding hydrogens is 474 g/mol. The molecule has 1 heterocycles. The molecule has 1 aromatic heterocycles. The number of nitrogens with one attached hydrogen (secondary N) is 1. The number of fused-ring (bicyclic) bond motifs is 2. The highest BCUT2D eigenvalue weighted by atomic mass is 32.1. The van der Waals surface area contributed by atoms with Gasteiger partial charge in [0, 0.05) is 36.4 Å². The zero-order valence-corrected chi connectivity index (χ0v) is 23.0. The summed E-state index contributed by atoms with van der Waals surface area (Å²) in [4.78, 5) is 21.0. The van der Waals surface area contributed by atoms with Gasteiger partial charge in [0.1, 0.15) is 11.5 Å². The topological polar surface area (TPSA) is 83.9 Å². The molecule has 1 fully saturated rings. The van der Waals surface area contributed by atoms with Gasteiger partial charge in [-0.2, -0.15) is 0 Å². The molecule has 1 unspecified atom stereocenters. The number of amides is 1. The molecule has 1 aromatic carbocycles. The van der Waals surface area contributed by atoms with Crippen molar-refractivity contribution in [3.63, 3.8) is 0 Å². The van der Waals surface area contributed by atoms with Gasteiger partial charge in [0.15, 0.2) is 5.13 Å². The third kappa shape index (κ3) is 4.73. The van der Waals surface area contributed by atoms with Crippen LogP contribution in [-0.4, -0.2) is 54.8 Å². The highest BCUT2D eigenvalue weighted by molar-refractivity contribution is 7.15. The molecule has 6 atom stereocenters. The van der Waals surface area contributed by atoms with Gasteiger partial charge in [-0.25, -0.2) is 4.98 Å². The molecule has 2 aromatic rings. The van der Waals surface area contributed by atoms with Crippen molar-refractivity contribution in [2.45, 2.75) is 52.1 Å². The van der Waals surface area contributed by atoms with Crippen molar-refractivity contribution in [2.24, 2.45) is 23.2 Å². The maximum Gasteiger partial charge on any atom is 0.225 e. The molecule has 1 amide bonds. The summed E-state index contributed by atoms with van der Waals surface area (Å²) in [5, 5.41) is 15.9. The minimum absolute atomic E-state index is 0.0322. The van der Waals surface area contributed by atoms with Crippen LogP contribution >= 0.6 is 11.3 Å². The van der Waals surface area contributed by atoms with Crippen molar-refractivity contribution >= 4 is 28.1 Å². The monoisotopic (exact) mass is 513 g/mol. The first-order chi connectivity index (χ1) is 17.1. The predicted molar refractivity (Wildman–Crippen MR) is 144 cm³/mol. The maximum absolute atomic E-state index is 13.0. The number of ether oxygens (including phenoxy) is 2. The summed E-state index contributed by atoms with van der Waals surface area (Å²) in [6.45, 7) is 10.7. The van der Waals surface area contributed by atoms with Crippen molar-refractivity contribution < 1.29 is 19.4 Å². The second kappa shape index (κ2) is 10.4. The molecule has 4 rings (SSSR count). The largest absolute Gasteiger partial charge is 0.497 e. The van der Waals surface area contributed by atoms with Crippen LogP contribution in [0.15, 0.2) is 30.9 Å². The summed E-state index contributed by atoms with van der Waals surface area (Å²) in [5.41, 5.74) is 1.82. The Morgan fingerprint density at radius 2 is 2.17 bits per heavy atom. The number of likely N-dealkylation sites (N-methyl/N-ethyl adjacent to an activating group) is 1. The second-order valence-corrected chi connectivity index (χ2v) is 11.7. The average molecular weight is 514 g/mol. The molecule has 0 aliphatic heterocycles. The lowest BCUT2D eigenvalue weighted by atomic mass is 9.53. The number of carbonyl (C=O) groups excluding carboxylic acids is 1. The first-order valence-corrected chi connectivity index (χ1v) is 13.5. The number of hydrogen-bond donors (Lipinski definition) is 2. The van der Waals surface area contributed by atoms with Gasteiger partial charge in [-0.15, -0.1) is 17.9 Å². The Bertz CT molecular complexity index is 1120. The van der Waals surface area contributed by atoms with Crippen LogP contribution in [0.4, 0.5) is 10.8 Å². The lowest BCUT2D eigenvalue weighted by molar-refractivity contribution is -0.143. The molecule has 2 N–H and O–H groups in total. The Labute approximate surface area is 218 Å². The van der Waals surface area contributed by atoms with E-state index in [0.717, 1.165) is 47.3 Å². The number of nitrogens with zero attached hydrogens (tertiary/aromatic N) is 2. The van der Waals surface area contributed by atoms with Crippen LogP contribution in [0.3, 0.4) is 0 Å². The zero-order chi connectivity index (χ0) is 26.2. The number of aliphatic hydroxyl groups is 1. The molecule has 0 saturated heterocycles. The number of hydrogen-bond acceptors (Lipinski definition) is 7. The molecule has 1 saturated carbocycles. The standard InChI is InChI=1S/C28H39N3O4S/c1-8-13-31(5)26(33)16(2)19-11-12-28(4)15-22-24(17(3)23(28)25(19)32)30-27(36-22)29-20-14-18(34-6)9-10-21(20)35-7/h8-10,14,16-17,19,23,25,32H,1,11-13,15H2,2-7H3,(H,29,30)/t16-,17-,19?,23+,25-,28-/m0/s1. The van der Waals surface area contributed by atoms with Gasteiger partial charge in [-0.3, -0.25) is 4.79 Å². The summed E-state index contributed by atoms with van der Waals surface area (Å²) in [5.74, 6) is 1.35. The molecule has 0 bridgehead atoms. The Morgan fingerprint density at radius 1 is 1.42 bits per heavy atom. The number of rotatable bonds is 8. The summed E-state index contributed by atoms with van der Waals surface area (Å²) in [6.07, 6.45) is 3.89. The highest BCUT2D eigenvalue weighted by Crippen LogP contribution is 2.57. The van der Waals surface area contributed by atoms with Crippen LogP contribution in [0.2, 0.25) is 0 Å². The SMILES string of the molecule is C=CCN(C)C(=O)[C@@H](C)C1CC[C@@]2(C)Cc3sc(Nc4cc(OC)ccc4OC)nc3[C@@H](C)[C@@H]2[C@H]1O. The smallest absolute Gasteiger partial charge is 0.225 e. The molecule has 0 radical (unpaired) electrons. The van der Waals surface area contributed by atoms with E-state index in [1.807, 2.05) is 25.1 Å². The van der Waals surface area contributed by atoms with E-state index in [-0.39, 0.29) is 35.0 Å². The minimum Gasteiger partial charge on any atom is -0.497 e. The first-order valence-electron chi connectivity index (χ1n) is 12.7. The molecule has 8 heteroatoms. The highest BCUT2D eigenvalue weighted by Gasteiger charge is 2.54. The fourth-order valence-electron chi connectivity index (χ4n) is 6.44. The fourth-order valence-corrected chi connectivity index (χ4v) is 7.72. The number of methoxy groups -OCH3 is 2. The van der Waals surface area contributed by atoms with Gasteiger partial charge in [0.2, 0.25) is 5.91 Å². The number of aromatic nitrogens is 1. The average Bonchev–Trinajstić information content (AvgIpc) is 3.25. The molecule has 0 spiro atoms. The van der Waals surface area contributed by atoms with Crippen LogP contribution in [0.1, 0.15) is 50.1 Å². The molecule has 7 nitrogen and oxygen atoms in total. The molecule has 196 valence electrons. The van der Waals surface area contributed by atoms with Crippen LogP contribution in [0.5, 0.6) is 11.5 Å². The number of anilines is 2. The normalized spacial score (nSPS) is 27.9. The third-order valence-electron chi connectivity index (χ3n) is 8.38. The van der Waals surface area contributed by atoms with Crippen LogP contribution in [-0.2, 0) is 11.2 Å². The van der Waals surface area contributed by atoms with Crippen LogP contribution in [0.25, 0.3) is 0 Å². The first kappa shape index (κ1) is 26.5. The van der Waals surface area contributed by atoms with E-state index in [4.69, 9.17) is 14.5 Å². The fraction of sp³-hybridized carbons (Fsp3) is 0.571. The lowest BCUT2D eigenvalue weighted by Gasteiger charge is -2.53. The van der Waals surface area contributed by atoms with Crippen molar-refractivity contribution in [1.82, 2.24) is 9.88 Å². The van der Waals surface area contributed by atoms with Crippen molar-refractivity contribution in [3.05, 3.63) is 41.4 Å². The van der Waals surface area contributed by atoms with Crippen molar-refractivity contribution in [1.29, 1.82) is 0 Å². The van der Waals surface area contributed by atoms with E-state index < -0.39 is 6.10 Å². The van der Waals surface area contributed by atoms with E-state index in [1.165, 1.54) is 4.88 Å². The van der Waals surface area contributed by atoms with Crippen LogP contribution < -0.4 is 14.8 Å². The Hall–Kier alpha value is -2.58. The van der Waals surface area contributed by atoms with Crippen molar-refractivity contribution in [3.8, 4) is 11.5 Å². The lowest BCUT2D eigenvalue weighted by Crippen LogP contribution is -2.53. The van der Waals surface area contributed by atoms with Crippen molar-refractivity contribution in [2.75, 3.05) is 33.1 Å². The van der Waals surface area contributed by atoms with Gasteiger partial charge in [-0.05, 0) is 48.6 Å². The third-order valence-corrected chi connectivity index (χ3v) is 9.37. The number of aliphatic hydroxyl groups excluding tert-OH is 1. The maximum atomic E-state index is 13.0. The van der Waals surface area contributed by atoms with Crippen LogP contribution in [0, 0.1) is 23.2 Å². The summed E-state index contributed by atoms with van der Waals surface area (Å²) >= 11 is 1.67. The van der Waals surface area contributed by atoms with Gasteiger partial charge >= 0.3 is 0 Å². The van der Waals surface area contributed by atoms with E-state index in [1.54, 1.807) is 43.6 Å². The molecular formula is C28H39N3O4S. The van der Waals surface area contributed by atoms with Gasteiger partial charge in [-0.1, -0.05) is 26.8 Å². The van der Waals surface area contributed by atoms with Gasteiger partial charge < -0.3 is 24.8 Å². The second-order valence-electron chi connectivity index (χ2n) is 10.7. The van der Waals surface area contributed by atoms with E-state index >= 15 is 0 Å². The summed E-state index contributed by atoms with van der Waals surface area (Å²) in [6, 6.07) is 5.64. The minimum atomic E-state index is -0.556. The summed E-state index contributed by atoms with van der Waals surface area (Å²) < 4.78 is 10.9. The molecule has 36 heavy (non-hydrogen) atoms. The van der Waals surface area contributed by atoms with Gasteiger partial charge in [0.05, 0.1) is 31.7 Å². The summed E-state index contributed by atoms with van der Waals surface area (Å²) in [7, 11) is 5.09. The quantitative estimate of drug-likeness (QED) is 0.470. The Morgan fingerprint density at radius 3 is 2.83 bits per heavy atom. The predicted octanol–water partition coefficient (Wildman–Crippen LogP) is 5.24. The molecule has 2 aliphatic rings. The van der Waals surface area contributed by atoms with Gasteiger partial charge in [0.25, 0.3) is 0 Å². The van der Waals surface area contributed by atoms with E-state index in [9.17, 15) is 9.90 Å². The molecule has 2 aliphatic carbocycles. The number of thiazole rings is 1. The number of carbonyl (C=O) groups is 1. The number of benzene rings is 1. The zero-order valence-electron chi connectivity index (χ0n) is 22.2. The van der Waals surface area contributed by atoms with E-state index in [0.29, 0.717) is 6.54 Å². The Balaban J connectivity index is 1.59.